The molecule has 0 fully saturated rings. The molecule has 0 aromatic carbocycles. The number of ether oxygens (including phenoxy) is 2. The smallest absolute Gasteiger partial charge is 0.457 e. The molecule has 0 radical (unpaired) electrons. The second-order valence-corrected chi connectivity index (χ2v) is 24.9. The molecular formula is C66H134NO7P. The summed E-state index contributed by atoms with van der Waals surface area (Å²) < 4.78 is 33.8. The van der Waals surface area contributed by atoms with Crippen molar-refractivity contribution in [1.29, 1.82) is 0 Å². The maximum atomic E-state index is 12.7. The van der Waals surface area contributed by atoms with Gasteiger partial charge in [0.25, 0.3) is 0 Å². The fourth-order valence-corrected chi connectivity index (χ4v) is 11.5. The van der Waals surface area contributed by atoms with E-state index >= 15 is 0 Å². The minimum atomic E-state index is -4.28. The second kappa shape index (κ2) is 64.3. The molecule has 2 atom stereocenters. The minimum Gasteiger partial charge on any atom is -0.457 e. The van der Waals surface area contributed by atoms with Crippen LogP contribution in [-0.2, 0) is 27.9 Å². The van der Waals surface area contributed by atoms with E-state index in [0.29, 0.717) is 13.0 Å². The van der Waals surface area contributed by atoms with Gasteiger partial charge in [-0.2, -0.15) is 0 Å². The highest BCUT2D eigenvalue weighted by molar-refractivity contribution is 7.47. The van der Waals surface area contributed by atoms with Crippen LogP contribution in [0.15, 0.2) is 0 Å². The molecule has 0 aromatic heterocycles. The monoisotopic (exact) mass is 1080 g/mol. The molecule has 9 heteroatoms. The average Bonchev–Trinajstić information content (AvgIpc) is 3.40. The molecule has 0 heterocycles. The van der Waals surface area contributed by atoms with Gasteiger partial charge in [0.1, 0.15) is 6.10 Å². The lowest BCUT2D eigenvalue weighted by Gasteiger charge is -2.20. The van der Waals surface area contributed by atoms with E-state index in [-0.39, 0.29) is 32.3 Å². The average molecular weight is 1080 g/mol. The van der Waals surface area contributed by atoms with Gasteiger partial charge in [0.05, 0.1) is 19.8 Å². The van der Waals surface area contributed by atoms with Gasteiger partial charge in [-0.25, -0.2) is 4.57 Å². The van der Waals surface area contributed by atoms with E-state index in [1.54, 1.807) is 0 Å². The third-order valence-electron chi connectivity index (χ3n) is 15.8. The lowest BCUT2D eigenvalue weighted by Crippen LogP contribution is -2.28. The van der Waals surface area contributed by atoms with Crippen molar-refractivity contribution in [1.82, 2.24) is 0 Å². The molecule has 0 spiro atoms. The summed E-state index contributed by atoms with van der Waals surface area (Å²) in [4.78, 5) is 22.7. The normalized spacial score (nSPS) is 13.0. The highest BCUT2D eigenvalue weighted by atomic mass is 31.2. The van der Waals surface area contributed by atoms with E-state index < -0.39 is 13.9 Å². The van der Waals surface area contributed by atoms with Gasteiger partial charge in [0.2, 0.25) is 0 Å². The quantitative estimate of drug-likeness (QED) is 0.0351. The summed E-state index contributed by atoms with van der Waals surface area (Å²) in [7, 11) is -4.28. The topological polar surface area (TPSA) is 117 Å². The predicted octanol–water partition coefficient (Wildman–Crippen LogP) is 22.3. The summed E-state index contributed by atoms with van der Waals surface area (Å²) in [6.07, 6.45) is 76.4. The van der Waals surface area contributed by atoms with Gasteiger partial charge >= 0.3 is 13.8 Å². The Labute approximate surface area is 469 Å². The summed E-state index contributed by atoms with van der Waals surface area (Å²) in [5, 5.41) is 0. The Bertz CT molecular complexity index is 1130. The zero-order valence-electron chi connectivity index (χ0n) is 50.8. The zero-order chi connectivity index (χ0) is 54.3. The van der Waals surface area contributed by atoms with E-state index in [0.717, 1.165) is 32.1 Å². The van der Waals surface area contributed by atoms with Crippen LogP contribution in [0.25, 0.3) is 0 Å². The molecule has 0 saturated carbocycles. The van der Waals surface area contributed by atoms with E-state index in [1.807, 2.05) is 0 Å². The maximum absolute atomic E-state index is 12.7. The molecule has 3 N–H and O–H groups in total. The van der Waals surface area contributed by atoms with E-state index in [2.05, 4.69) is 13.8 Å². The molecule has 0 saturated heterocycles. The summed E-state index contributed by atoms with van der Waals surface area (Å²) in [5.41, 5.74) is 5.42. The number of rotatable bonds is 67. The third kappa shape index (κ3) is 64.2. The summed E-state index contributed by atoms with van der Waals surface area (Å²) in [6, 6.07) is 0. The molecular weight excluding hydrogens is 950 g/mol. The van der Waals surface area contributed by atoms with Crippen molar-refractivity contribution >= 4 is 13.8 Å². The SMILES string of the molecule is CCCCCCCCCCCCCCCCCCCCCCCCCCCCCCCCCCCCCCC(=O)O[C@H](COCCCCCCCCCCCCCCCCCCCCCC)COP(=O)(O)OCCN. The Morgan fingerprint density at radius 1 is 0.347 bits per heavy atom. The first-order valence-electron chi connectivity index (χ1n) is 34.0. The number of carbonyl (C=O) groups is 1. The highest BCUT2D eigenvalue weighted by Crippen LogP contribution is 2.43. The summed E-state index contributed by atoms with van der Waals surface area (Å²) in [5.74, 6) is -0.317. The van der Waals surface area contributed by atoms with Gasteiger partial charge in [0, 0.05) is 19.6 Å². The van der Waals surface area contributed by atoms with Crippen LogP contribution < -0.4 is 5.73 Å². The number of nitrogens with two attached hydrogens (primary N) is 1. The van der Waals surface area contributed by atoms with Crippen LogP contribution in [0.5, 0.6) is 0 Å². The number of unbranched alkanes of at least 4 members (excludes halogenated alkanes) is 54. The largest absolute Gasteiger partial charge is 0.472 e. The van der Waals surface area contributed by atoms with Crippen LogP contribution in [0.3, 0.4) is 0 Å². The number of phosphoric ester groups is 1. The fraction of sp³-hybridized carbons (Fsp3) is 0.985. The van der Waals surface area contributed by atoms with Gasteiger partial charge in [-0.15, -0.1) is 0 Å². The Kier molecular flexibility index (Phi) is 63.9. The van der Waals surface area contributed by atoms with E-state index in [4.69, 9.17) is 24.3 Å². The van der Waals surface area contributed by atoms with Crippen LogP contribution in [0.1, 0.15) is 380 Å². The van der Waals surface area contributed by atoms with Crippen molar-refractivity contribution in [2.75, 3.05) is 33.0 Å². The van der Waals surface area contributed by atoms with Crippen molar-refractivity contribution in [3.8, 4) is 0 Å². The van der Waals surface area contributed by atoms with Crippen LogP contribution in [-0.4, -0.2) is 49.9 Å². The van der Waals surface area contributed by atoms with Crippen LogP contribution >= 0.6 is 7.82 Å². The number of hydrogen-bond acceptors (Lipinski definition) is 7. The molecule has 0 amide bonds. The van der Waals surface area contributed by atoms with Gasteiger partial charge in [0.15, 0.2) is 0 Å². The van der Waals surface area contributed by atoms with Crippen molar-refractivity contribution in [2.24, 2.45) is 5.73 Å². The molecule has 450 valence electrons. The zero-order valence-corrected chi connectivity index (χ0v) is 51.7. The van der Waals surface area contributed by atoms with Crippen LogP contribution in [0.4, 0.5) is 0 Å². The minimum absolute atomic E-state index is 0.0894. The highest BCUT2D eigenvalue weighted by Gasteiger charge is 2.25. The molecule has 75 heavy (non-hydrogen) atoms. The molecule has 8 nitrogen and oxygen atoms in total. The Balaban J connectivity index is 3.68. The molecule has 0 aliphatic heterocycles. The lowest BCUT2D eigenvalue weighted by atomic mass is 10.0. The molecule has 0 aliphatic carbocycles. The van der Waals surface area contributed by atoms with E-state index in [9.17, 15) is 14.3 Å². The Morgan fingerprint density at radius 2 is 0.587 bits per heavy atom. The molecule has 1 unspecified atom stereocenters. The molecule has 0 aliphatic rings. The van der Waals surface area contributed by atoms with Gasteiger partial charge in [-0.05, 0) is 12.8 Å². The van der Waals surface area contributed by atoms with Gasteiger partial charge < -0.3 is 20.1 Å². The number of phosphoric acid groups is 1. The van der Waals surface area contributed by atoms with Crippen molar-refractivity contribution < 1.29 is 32.8 Å². The Morgan fingerprint density at radius 3 is 0.840 bits per heavy atom. The molecule has 0 rings (SSSR count). The van der Waals surface area contributed by atoms with Crippen molar-refractivity contribution in [3.63, 3.8) is 0 Å². The van der Waals surface area contributed by atoms with Crippen molar-refractivity contribution in [3.05, 3.63) is 0 Å². The van der Waals surface area contributed by atoms with E-state index in [1.165, 1.54) is 327 Å². The Hall–Kier alpha value is -0.500. The second-order valence-electron chi connectivity index (χ2n) is 23.4. The first-order chi connectivity index (χ1) is 36.9. The van der Waals surface area contributed by atoms with Crippen molar-refractivity contribution in [2.45, 2.75) is 386 Å². The fourth-order valence-electron chi connectivity index (χ4n) is 10.8. The standard InChI is InChI=1S/C66H134NO7P/c1-3-5-7-9-11-13-15-17-19-21-23-25-26-27-28-29-30-31-32-33-34-35-36-37-38-39-40-41-43-45-47-49-51-53-55-57-59-66(68)74-65(64-73-75(69,70)72-62-60-67)63-71-61-58-56-54-52-50-48-46-44-42-24-22-20-18-16-14-12-10-8-6-4-2/h65H,3-64,67H2,1-2H3,(H,69,70)/t65-/m1/s1. The van der Waals surface area contributed by atoms with Gasteiger partial charge in [-0.3, -0.25) is 13.8 Å². The number of esters is 1. The first kappa shape index (κ1) is 74.5. The lowest BCUT2D eigenvalue weighted by molar-refractivity contribution is -0.154. The first-order valence-corrected chi connectivity index (χ1v) is 35.5. The predicted molar refractivity (Wildman–Crippen MR) is 326 cm³/mol. The third-order valence-corrected chi connectivity index (χ3v) is 16.8. The van der Waals surface area contributed by atoms with Crippen LogP contribution in [0.2, 0.25) is 0 Å². The summed E-state index contributed by atoms with van der Waals surface area (Å²) in [6.45, 7) is 5.04. The maximum Gasteiger partial charge on any atom is 0.472 e. The molecule has 0 bridgehead atoms. The molecule has 0 aromatic rings. The summed E-state index contributed by atoms with van der Waals surface area (Å²) >= 11 is 0. The number of carbonyl (C=O) groups excluding carboxylic acids is 1. The van der Waals surface area contributed by atoms with Gasteiger partial charge in [-0.1, -0.05) is 361 Å². The van der Waals surface area contributed by atoms with Crippen LogP contribution in [0, 0.1) is 0 Å². The number of hydrogen-bond donors (Lipinski definition) is 2.